The molecule has 15 heteroatoms. The molecule has 0 saturated carbocycles. The van der Waals surface area contributed by atoms with Crippen LogP contribution in [0.15, 0.2) is 0 Å². The number of hydrogen-bond acceptors (Lipinski definition) is 8. The van der Waals surface area contributed by atoms with Gasteiger partial charge in [-0.2, -0.15) is 0 Å². The zero-order valence-electron chi connectivity index (χ0n) is 7.00. The van der Waals surface area contributed by atoms with Crippen LogP contribution in [0.3, 0.4) is 0 Å². The van der Waals surface area contributed by atoms with E-state index in [1.54, 1.807) is 0 Å². The van der Waals surface area contributed by atoms with Crippen LogP contribution in [0.2, 0.25) is 0 Å². The molecular formula is H6Mg2O11S2. The van der Waals surface area contributed by atoms with Gasteiger partial charge in [0.15, 0.2) is 0 Å². The summed E-state index contributed by atoms with van der Waals surface area (Å²) in [6.07, 6.45) is 0. The summed E-state index contributed by atoms with van der Waals surface area (Å²) < 4.78 is 68.2. The second-order valence-corrected chi connectivity index (χ2v) is 2.45. The van der Waals surface area contributed by atoms with Crippen LogP contribution in [0.5, 0.6) is 0 Å². The minimum atomic E-state index is -5.17. The Hall–Kier alpha value is 1.15. The maximum absolute atomic E-state index is 8.52. The molecule has 0 unspecified atom stereocenters. The summed E-state index contributed by atoms with van der Waals surface area (Å²) in [4.78, 5) is 0. The van der Waals surface area contributed by atoms with Gasteiger partial charge in [0.1, 0.15) is 0 Å². The van der Waals surface area contributed by atoms with Gasteiger partial charge in [-0.1, -0.05) is 0 Å². The maximum Gasteiger partial charge on any atom is 2.00 e. The fourth-order valence-electron chi connectivity index (χ4n) is 0. The zero-order valence-corrected chi connectivity index (χ0v) is 11.5. The second kappa shape index (κ2) is 17.5. The van der Waals surface area contributed by atoms with Crippen LogP contribution in [0.25, 0.3) is 0 Å². The predicted octanol–water partition coefficient (Wildman–Crippen LogP) is -5.91. The molecule has 0 aliphatic heterocycles. The Kier molecular flexibility index (Phi) is 51.8. The number of rotatable bonds is 0. The van der Waals surface area contributed by atoms with Crippen molar-refractivity contribution in [1.29, 1.82) is 0 Å². The molecule has 0 aromatic rings. The van der Waals surface area contributed by atoms with Crippen LogP contribution in [0, 0.1) is 0 Å². The third-order valence-electron chi connectivity index (χ3n) is 0. The van der Waals surface area contributed by atoms with E-state index in [0.29, 0.717) is 0 Å². The van der Waals surface area contributed by atoms with Gasteiger partial charge in [0.25, 0.3) is 0 Å². The van der Waals surface area contributed by atoms with Crippen LogP contribution >= 0.6 is 0 Å². The molecule has 0 atom stereocenters. The zero-order chi connectivity index (χ0) is 9.00. The standard InChI is InChI=1S/2Mg.2H2O4S.3H2O/c;;2*1-5(2,3)4;;;/h;;2*(H2,1,2,3,4);3*1H2/q2*+2;;;;;/p-4. The molecule has 6 N–H and O–H groups in total. The first-order valence-corrected chi connectivity index (χ1v) is 4.00. The molecule has 0 spiro atoms. The van der Waals surface area contributed by atoms with Gasteiger partial charge in [0.05, 0.1) is 0 Å². The molecule has 0 amide bonds. The molecule has 15 heavy (non-hydrogen) atoms. The SMILES string of the molecule is O.O.O.O=S(=O)([O-])[O-].O=S(=O)([O-])[O-].[Mg+2].[Mg+2]. The van der Waals surface area contributed by atoms with Gasteiger partial charge >= 0.3 is 46.1 Å². The summed E-state index contributed by atoms with van der Waals surface area (Å²) >= 11 is 0. The first-order chi connectivity index (χ1) is 4.00. The van der Waals surface area contributed by atoms with Crippen LogP contribution < -0.4 is 0 Å². The smallest absolute Gasteiger partial charge is 0.759 e. The van der Waals surface area contributed by atoms with Crippen molar-refractivity contribution >= 4 is 66.9 Å². The molecule has 0 fully saturated rings. The fraction of sp³-hybridized carbons (Fsp3) is 0. The Bertz CT molecular complexity index is 213. The van der Waals surface area contributed by atoms with E-state index < -0.39 is 20.8 Å². The summed E-state index contributed by atoms with van der Waals surface area (Å²) in [7, 11) is -10.3. The van der Waals surface area contributed by atoms with Crippen molar-refractivity contribution in [2.75, 3.05) is 0 Å². The van der Waals surface area contributed by atoms with Crippen molar-refractivity contribution in [2.45, 2.75) is 0 Å². The normalized spacial score (nSPS) is 7.73. The van der Waals surface area contributed by atoms with E-state index in [-0.39, 0.29) is 62.5 Å². The van der Waals surface area contributed by atoms with Gasteiger partial charge in [0.2, 0.25) is 0 Å². The van der Waals surface area contributed by atoms with E-state index in [0.717, 1.165) is 0 Å². The van der Waals surface area contributed by atoms with Crippen LogP contribution in [0.4, 0.5) is 0 Å². The van der Waals surface area contributed by atoms with Gasteiger partial charge in [-0.3, -0.25) is 16.8 Å². The molecule has 0 aromatic heterocycles. The Morgan fingerprint density at radius 3 is 0.533 bits per heavy atom. The molecule has 0 bridgehead atoms. The van der Waals surface area contributed by atoms with Gasteiger partial charge in [-0.05, 0) is 0 Å². The van der Waals surface area contributed by atoms with Gasteiger partial charge < -0.3 is 34.6 Å². The van der Waals surface area contributed by atoms with Crippen LogP contribution in [-0.4, -0.2) is 97.6 Å². The molecular weight excluding hydrogens is 289 g/mol. The van der Waals surface area contributed by atoms with Crippen molar-refractivity contribution in [1.82, 2.24) is 0 Å². The Balaban J connectivity index is -0.0000000128. The van der Waals surface area contributed by atoms with Crippen molar-refractivity contribution in [3.63, 3.8) is 0 Å². The van der Waals surface area contributed by atoms with E-state index in [9.17, 15) is 0 Å². The van der Waals surface area contributed by atoms with E-state index >= 15 is 0 Å². The van der Waals surface area contributed by atoms with Crippen LogP contribution in [-0.2, 0) is 20.8 Å². The van der Waals surface area contributed by atoms with Crippen molar-refractivity contribution in [2.24, 2.45) is 0 Å². The predicted molar refractivity (Wildman–Crippen MR) is 43.3 cm³/mol. The Morgan fingerprint density at radius 2 is 0.533 bits per heavy atom. The number of hydrogen-bond donors (Lipinski definition) is 0. The quantitative estimate of drug-likeness (QED) is 0.235. The average molecular weight is 295 g/mol. The minimum Gasteiger partial charge on any atom is -0.759 e. The van der Waals surface area contributed by atoms with Gasteiger partial charge in [0, 0.05) is 20.8 Å². The van der Waals surface area contributed by atoms with Gasteiger partial charge in [-0.25, -0.2) is 0 Å². The molecule has 0 heterocycles. The summed E-state index contributed by atoms with van der Waals surface area (Å²) in [6, 6.07) is 0. The molecule has 0 aliphatic carbocycles. The van der Waals surface area contributed by atoms with E-state index in [1.807, 2.05) is 0 Å². The van der Waals surface area contributed by atoms with Gasteiger partial charge in [-0.15, -0.1) is 0 Å². The van der Waals surface area contributed by atoms with Crippen molar-refractivity contribution < 1.29 is 51.5 Å². The molecule has 11 nitrogen and oxygen atoms in total. The Morgan fingerprint density at radius 1 is 0.533 bits per heavy atom. The van der Waals surface area contributed by atoms with E-state index in [4.69, 9.17) is 35.0 Å². The summed E-state index contributed by atoms with van der Waals surface area (Å²) in [5.74, 6) is 0. The third-order valence-corrected chi connectivity index (χ3v) is 0. The molecule has 88 valence electrons. The van der Waals surface area contributed by atoms with E-state index in [2.05, 4.69) is 0 Å². The fourth-order valence-corrected chi connectivity index (χ4v) is 0. The summed E-state index contributed by atoms with van der Waals surface area (Å²) in [6.45, 7) is 0. The average Bonchev–Trinajstić information content (AvgIpc) is 1.12. The largest absolute Gasteiger partial charge is 2.00 e. The molecule has 0 rings (SSSR count). The third kappa shape index (κ3) is 1970. The minimum absolute atomic E-state index is 0. The second-order valence-electron chi connectivity index (χ2n) is 0.816. The first-order valence-electron chi connectivity index (χ1n) is 1.33. The molecule has 0 aliphatic rings. The van der Waals surface area contributed by atoms with Crippen LogP contribution in [0.1, 0.15) is 0 Å². The molecule has 0 saturated heterocycles. The molecule has 0 aromatic carbocycles. The summed E-state index contributed by atoms with van der Waals surface area (Å²) in [5.41, 5.74) is 0. The van der Waals surface area contributed by atoms with Crippen molar-refractivity contribution in [3.8, 4) is 0 Å². The maximum atomic E-state index is 8.52. The molecule has 0 radical (unpaired) electrons. The Labute approximate surface area is 118 Å². The van der Waals surface area contributed by atoms with Crippen molar-refractivity contribution in [3.05, 3.63) is 0 Å². The van der Waals surface area contributed by atoms with E-state index in [1.165, 1.54) is 0 Å². The monoisotopic (exact) mass is 294 g/mol. The topological polar surface area (TPSA) is 255 Å². The summed E-state index contributed by atoms with van der Waals surface area (Å²) in [5, 5.41) is 0. The first kappa shape index (κ1) is 44.3.